The van der Waals surface area contributed by atoms with Crippen molar-refractivity contribution in [2.75, 3.05) is 0 Å². The Morgan fingerprint density at radius 3 is 1.44 bits per heavy atom. The van der Waals surface area contributed by atoms with Crippen LogP contribution in [0.1, 0.15) is 16.7 Å². The molecule has 0 amide bonds. The molecule has 62 heavy (non-hydrogen) atoms. The normalized spacial score (nSPS) is 11.2. The molecular formula is C55H31N7. The summed E-state index contributed by atoms with van der Waals surface area (Å²) in [6.45, 7) is 0. The van der Waals surface area contributed by atoms with Crippen LogP contribution in [0.5, 0.6) is 0 Å². The van der Waals surface area contributed by atoms with Gasteiger partial charge in [0.15, 0.2) is 5.82 Å². The lowest BCUT2D eigenvalue weighted by atomic mass is 9.97. The predicted octanol–water partition coefficient (Wildman–Crippen LogP) is 13.0. The van der Waals surface area contributed by atoms with Crippen molar-refractivity contribution in [2.45, 2.75) is 0 Å². The number of hydrogen-bond donors (Lipinski definition) is 0. The molecule has 0 fully saturated rings. The van der Waals surface area contributed by atoms with Crippen molar-refractivity contribution in [1.82, 2.24) is 19.1 Å². The van der Waals surface area contributed by atoms with Crippen molar-refractivity contribution in [3.05, 3.63) is 205 Å². The molecule has 3 heterocycles. The first-order chi connectivity index (χ1) is 30.6. The highest BCUT2D eigenvalue weighted by molar-refractivity contribution is 6.12. The van der Waals surface area contributed by atoms with Gasteiger partial charge in [-0.1, -0.05) is 91.0 Å². The zero-order valence-corrected chi connectivity index (χ0v) is 33.0. The van der Waals surface area contributed by atoms with Gasteiger partial charge in [-0.25, -0.2) is 9.97 Å². The molecule has 0 aliphatic rings. The van der Waals surface area contributed by atoms with Gasteiger partial charge in [0, 0.05) is 49.6 Å². The van der Waals surface area contributed by atoms with E-state index in [-0.39, 0.29) is 0 Å². The van der Waals surface area contributed by atoms with Crippen LogP contribution in [0, 0.1) is 34.0 Å². The van der Waals surface area contributed by atoms with Gasteiger partial charge in [0.1, 0.15) is 0 Å². The second-order valence-electron chi connectivity index (χ2n) is 15.2. The van der Waals surface area contributed by atoms with E-state index in [1.807, 2.05) is 48.5 Å². The van der Waals surface area contributed by atoms with E-state index in [9.17, 15) is 15.8 Å². The monoisotopic (exact) mass is 789 g/mol. The van der Waals surface area contributed by atoms with E-state index >= 15 is 0 Å². The number of hydrogen-bond acceptors (Lipinski definition) is 5. The van der Waals surface area contributed by atoms with Crippen LogP contribution in [0.4, 0.5) is 0 Å². The van der Waals surface area contributed by atoms with Crippen LogP contribution in [0.15, 0.2) is 188 Å². The summed E-state index contributed by atoms with van der Waals surface area (Å²) < 4.78 is 4.68. The van der Waals surface area contributed by atoms with Crippen molar-refractivity contribution >= 4 is 43.6 Å². The average molecular weight is 790 g/mol. The number of benzene rings is 8. The van der Waals surface area contributed by atoms with Crippen LogP contribution in [0.25, 0.3) is 100 Å². The standard InChI is InChI=1S/C55H31N7/c56-32-35-13-17-38(18-14-35)49-31-50(60-55(59-49)39-19-15-36(33-57)16-20-39)44-27-23-40(29-41(44)34-58)37-21-24-42(25-22-37)61-53-12-6-3-9-47(53)48-30-43(26-28-54(48)61)62-51-10-4-1-7-45(51)46-8-2-5-11-52(46)62/h1-31H. The van der Waals surface area contributed by atoms with Crippen LogP contribution in [0.2, 0.25) is 0 Å². The molecule has 0 spiro atoms. The molecule has 11 rings (SSSR count). The average Bonchev–Trinajstić information content (AvgIpc) is 3.86. The number of rotatable bonds is 6. The molecule has 0 aliphatic carbocycles. The third-order valence-electron chi connectivity index (χ3n) is 11.7. The number of nitriles is 3. The summed E-state index contributed by atoms with van der Waals surface area (Å²) in [6.07, 6.45) is 0. The Morgan fingerprint density at radius 1 is 0.355 bits per heavy atom. The second kappa shape index (κ2) is 14.6. The van der Waals surface area contributed by atoms with E-state index in [1.54, 1.807) is 24.3 Å². The topological polar surface area (TPSA) is 107 Å². The SMILES string of the molecule is N#Cc1ccc(-c2cc(-c3ccc(-c4ccc(-n5c6ccccc6c6cc(-n7c8ccccc8c8ccccc87)ccc65)cc4)cc3C#N)nc(-c3ccc(C#N)cc3)n2)cc1. The van der Waals surface area contributed by atoms with Crippen LogP contribution in [-0.4, -0.2) is 19.1 Å². The minimum Gasteiger partial charge on any atom is -0.309 e. The van der Waals surface area contributed by atoms with Gasteiger partial charge in [0.25, 0.3) is 0 Å². The van der Waals surface area contributed by atoms with Gasteiger partial charge in [-0.15, -0.1) is 0 Å². The van der Waals surface area contributed by atoms with E-state index in [1.165, 1.54) is 32.6 Å². The molecule has 0 saturated carbocycles. The lowest BCUT2D eigenvalue weighted by molar-refractivity contribution is 1.17. The maximum absolute atomic E-state index is 10.5. The molecule has 0 unspecified atom stereocenters. The molecule has 0 bridgehead atoms. The maximum Gasteiger partial charge on any atom is 0.160 e. The van der Waals surface area contributed by atoms with Gasteiger partial charge in [-0.2, -0.15) is 15.8 Å². The van der Waals surface area contributed by atoms with Gasteiger partial charge in [0.05, 0.1) is 68.4 Å². The van der Waals surface area contributed by atoms with Gasteiger partial charge < -0.3 is 9.13 Å². The smallest absolute Gasteiger partial charge is 0.160 e. The Balaban J connectivity index is 0.971. The molecule has 3 aromatic heterocycles. The summed E-state index contributed by atoms with van der Waals surface area (Å²) in [6, 6.07) is 69.8. The lowest BCUT2D eigenvalue weighted by Crippen LogP contribution is -1.98. The minimum atomic E-state index is 0.461. The molecule has 8 aromatic carbocycles. The van der Waals surface area contributed by atoms with Crippen molar-refractivity contribution in [3.8, 4) is 74.6 Å². The fraction of sp³-hybridized carbons (Fsp3) is 0. The van der Waals surface area contributed by atoms with Gasteiger partial charge in [0.2, 0.25) is 0 Å². The van der Waals surface area contributed by atoms with Crippen molar-refractivity contribution in [2.24, 2.45) is 0 Å². The Morgan fingerprint density at radius 2 is 0.839 bits per heavy atom. The molecule has 0 N–H and O–H groups in total. The summed E-state index contributed by atoms with van der Waals surface area (Å²) in [4.78, 5) is 9.81. The Hall–Kier alpha value is -9.09. The van der Waals surface area contributed by atoms with E-state index in [0.717, 1.165) is 44.7 Å². The van der Waals surface area contributed by atoms with Crippen molar-refractivity contribution in [1.29, 1.82) is 15.8 Å². The van der Waals surface area contributed by atoms with Gasteiger partial charge >= 0.3 is 0 Å². The molecule has 0 radical (unpaired) electrons. The highest BCUT2D eigenvalue weighted by Gasteiger charge is 2.18. The fourth-order valence-electron chi connectivity index (χ4n) is 8.69. The first-order valence-electron chi connectivity index (χ1n) is 20.2. The number of aromatic nitrogens is 4. The Kier molecular flexibility index (Phi) is 8.50. The molecule has 0 atom stereocenters. The second-order valence-corrected chi connectivity index (χ2v) is 15.2. The van der Waals surface area contributed by atoms with Crippen LogP contribution in [0.3, 0.4) is 0 Å². The molecular weight excluding hydrogens is 759 g/mol. The number of fused-ring (bicyclic) bond motifs is 6. The van der Waals surface area contributed by atoms with E-state index in [2.05, 4.69) is 143 Å². The molecule has 11 aromatic rings. The minimum absolute atomic E-state index is 0.461. The zero-order valence-electron chi connectivity index (χ0n) is 33.0. The maximum atomic E-state index is 10.5. The van der Waals surface area contributed by atoms with Gasteiger partial charge in [-0.05, 0) is 108 Å². The highest BCUT2D eigenvalue weighted by atomic mass is 15.0. The van der Waals surface area contributed by atoms with E-state index in [0.29, 0.717) is 39.5 Å². The van der Waals surface area contributed by atoms with Crippen LogP contribution in [-0.2, 0) is 0 Å². The zero-order chi connectivity index (χ0) is 41.7. The number of nitrogens with zero attached hydrogens (tertiary/aromatic N) is 7. The van der Waals surface area contributed by atoms with Crippen molar-refractivity contribution in [3.63, 3.8) is 0 Å². The van der Waals surface area contributed by atoms with Crippen LogP contribution >= 0.6 is 0 Å². The molecule has 7 heteroatoms. The summed E-state index contributed by atoms with van der Waals surface area (Å²) in [5.74, 6) is 0.461. The molecule has 0 saturated heterocycles. The summed E-state index contributed by atoms with van der Waals surface area (Å²) in [7, 11) is 0. The predicted molar refractivity (Wildman–Crippen MR) is 247 cm³/mol. The van der Waals surface area contributed by atoms with E-state index < -0.39 is 0 Å². The Bertz CT molecular complexity index is 3570. The van der Waals surface area contributed by atoms with Gasteiger partial charge in [-0.3, -0.25) is 0 Å². The summed E-state index contributed by atoms with van der Waals surface area (Å²) >= 11 is 0. The highest BCUT2D eigenvalue weighted by Crippen LogP contribution is 2.38. The first kappa shape index (κ1) is 36.0. The molecule has 0 aliphatic heterocycles. The summed E-state index contributed by atoms with van der Waals surface area (Å²) in [5, 5.41) is 34.1. The number of para-hydroxylation sites is 3. The summed E-state index contributed by atoms with van der Waals surface area (Å²) in [5.41, 5.74) is 13.6. The Labute approximate surface area is 356 Å². The quantitative estimate of drug-likeness (QED) is 0.167. The first-order valence-corrected chi connectivity index (χ1v) is 20.2. The molecule has 7 nitrogen and oxygen atoms in total. The van der Waals surface area contributed by atoms with E-state index in [4.69, 9.17) is 9.97 Å². The molecule has 286 valence electrons. The third kappa shape index (κ3) is 5.96. The fourth-order valence-corrected chi connectivity index (χ4v) is 8.69. The largest absolute Gasteiger partial charge is 0.309 e. The lowest BCUT2D eigenvalue weighted by Gasteiger charge is -2.13. The third-order valence-corrected chi connectivity index (χ3v) is 11.7. The van der Waals surface area contributed by atoms with Crippen molar-refractivity contribution < 1.29 is 0 Å². The van der Waals surface area contributed by atoms with Crippen LogP contribution < -0.4 is 0 Å².